The van der Waals surface area contributed by atoms with Crippen LogP contribution in [0.25, 0.3) is 0 Å². The van der Waals surface area contributed by atoms with Crippen LogP contribution < -0.4 is 4.90 Å². The summed E-state index contributed by atoms with van der Waals surface area (Å²) in [6.07, 6.45) is 2.14. The van der Waals surface area contributed by atoms with Crippen LogP contribution in [0.2, 0.25) is 0 Å². The Morgan fingerprint density at radius 2 is 1.95 bits per heavy atom. The number of hydrogen-bond donors (Lipinski definition) is 0. The van der Waals surface area contributed by atoms with Crippen LogP contribution in [0.15, 0.2) is 28.8 Å². The largest absolute Gasteiger partial charge is 0.371 e. The number of aromatic nitrogens is 2. The van der Waals surface area contributed by atoms with Gasteiger partial charge in [-0.1, -0.05) is 5.16 Å². The molecule has 0 N–H and O–H groups in total. The molecule has 1 aliphatic heterocycles. The van der Waals surface area contributed by atoms with Gasteiger partial charge in [0.1, 0.15) is 5.82 Å². The van der Waals surface area contributed by atoms with Crippen LogP contribution >= 0.6 is 0 Å². The summed E-state index contributed by atoms with van der Waals surface area (Å²) >= 11 is 0. The van der Waals surface area contributed by atoms with Gasteiger partial charge in [0.2, 0.25) is 5.89 Å². The van der Waals surface area contributed by atoms with Gasteiger partial charge < -0.3 is 9.42 Å². The van der Waals surface area contributed by atoms with Gasteiger partial charge in [0, 0.05) is 24.8 Å². The lowest BCUT2D eigenvalue weighted by Crippen LogP contribution is -2.43. The molecule has 1 fully saturated rings. The fourth-order valence-electron chi connectivity index (χ4n) is 2.96. The molecule has 0 saturated carbocycles. The Balaban J connectivity index is 1.53. The third-order valence-corrected chi connectivity index (χ3v) is 4.23. The molecule has 0 bridgehead atoms. The van der Waals surface area contributed by atoms with Gasteiger partial charge in [0.15, 0.2) is 5.82 Å². The number of benzene rings is 1. The predicted molar refractivity (Wildman–Crippen MR) is 82.1 cm³/mol. The Hall–Kier alpha value is -1.95. The quantitative estimate of drug-likeness (QED) is 0.869. The molecule has 118 valence electrons. The highest BCUT2D eigenvalue weighted by atomic mass is 19.1. The molecule has 2 heterocycles. The lowest BCUT2D eigenvalue weighted by molar-refractivity contribution is 0.177. The summed E-state index contributed by atoms with van der Waals surface area (Å²) in [7, 11) is 2.09. The van der Waals surface area contributed by atoms with Crippen molar-refractivity contribution in [3.05, 3.63) is 41.8 Å². The fraction of sp³-hybridized carbons (Fsp3) is 0.500. The van der Waals surface area contributed by atoms with Crippen molar-refractivity contribution in [1.29, 1.82) is 0 Å². The number of nitrogens with zero attached hydrogens (tertiary/aromatic N) is 4. The molecule has 22 heavy (non-hydrogen) atoms. The lowest BCUT2D eigenvalue weighted by Gasteiger charge is -2.37. The van der Waals surface area contributed by atoms with E-state index in [1.165, 1.54) is 12.1 Å². The summed E-state index contributed by atoms with van der Waals surface area (Å²) in [4.78, 5) is 8.83. The van der Waals surface area contributed by atoms with Gasteiger partial charge in [0.25, 0.3) is 0 Å². The first kappa shape index (κ1) is 15.0. The second-order valence-corrected chi connectivity index (χ2v) is 5.85. The number of hydrogen-bond acceptors (Lipinski definition) is 5. The topological polar surface area (TPSA) is 45.4 Å². The Morgan fingerprint density at radius 1 is 1.27 bits per heavy atom. The first-order chi connectivity index (χ1) is 10.6. The van der Waals surface area contributed by atoms with E-state index in [0.29, 0.717) is 24.3 Å². The molecule has 0 radical (unpaired) electrons. The zero-order chi connectivity index (χ0) is 15.5. The number of aryl methyl sites for hydroxylation is 1. The van der Waals surface area contributed by atoms with Crippen molar-refractivity contribution in [3.8, 4) is 0 Å². The summed E-state index contributed by atoms with van der Waals surface area (Å²) in [5.41, 5.74) is 1.09. The van der Waals surface area contributed by atoms with Gasteiger partial charge in [-0.3, -0.25) is 4.90 Å². The summed E-state index contributed by atoms with van der Waals surface area (Å²) in [5.74, 6) is 1.16. The molecule has 1 aromatic heterocycles. The van der Waals surface area contributed by atoms with E-state index in [0.717, 1.165) is 31.6 Å². The van der Waals surface area contributed by atoms with Gasteiger partial charge in [-0.2, -0.15) is 4.98 Å². The number of anilines is 1. The molecule has 1 aromatic carbocycles. The van der Waals surface area contributed by atoms with E-state index >= 15 is 0 Å². The van der Waals surface area contributed by atoms with Crippen molar-refractivity contribution in [3.63, 3.8) is 0 Å². The standard InChI is InChI=1S/C16H21FN4O/c1-12-18-16(22-19-12)11-20(2)14-7-9-21(10-8-14)15-5-3-13(17)4-6-15/h3-6,14H,7-11H2,1-2H3. The van der Waals surface area contributed by atoms with Crippen LogP contribution in [0.5, 0.6) is 0 Å². The highest BCUT2D eigenvalue weighted by molar-refractivity contribution is 5.46. The Kier molecular flexibility index (Phi) is 4.38. The van der Waals surface area contributed by atoms with Crippen molar-refractivity contribution in [1.82, 2.24) is 15.0 Å². The maximum atomic E-state index is 13.0. The zero-order valence-electron chi connectivity index (χ0n) is 13.0. The number of rotatable bonds is 4. The molecule has 0 spiro atoms. The SMILES string of the molecule is Cc1noc(CN(C)C2CCN(c3ccc(F)cc3)CC2)n1. The molecule has 1 saturated heterocycles. The third kappa shape index (κ3) is 3.44. The first-order valence-corrected chi connectivity index (χ1v) is 7.62. The van der Waals surface area contributed by atoms with Crippen LogP contribution in [0.1, 0.15) is 24.6 Å². The average molecular weight is 304 g/mol. The van der Waals surface area contributed by atoms with Crippen molar-refractivity contribution in [2.75, 3.05) is 25.0 Å². The minimum Gasteiger partial charge on any atom is -0.371 e. The minimum absolute atomic E-state index is 0.187. The predicted octanol–water partition coefficient (Wildman–Crippen LogP) is 2.62. The van der Waals surface area contributed by atoms with Crippen molar-refractivity contribution >= 4 is 5.69 Å². The maximum Gasteiger partial charge on any atom is 0.240 e. The van der Waals surface area contributed by atoms with Crippen LogP contribution in [-0.2, 0) is 6.54 Å². The van der Waals surface area contributed by atoms with E-state index in [9.17, 15) is 4.39 Å². The lowest BCUT2D eigenvalue weighted by atomic mass is 10.0. The number of piperidine rings is 1. The van der Waals surface area contributed by atoms with E-state index in [1.54, 1.807) is 0 Å². The molecular weight excluding hydrogens is 283 g/mol. The zero-order valence-corrected chi connectivity index (χ0v) is 13.0. The second kappa shape index (κ2) is 6.44. The smallest absolute Gasteiger partial charge is 0.240 e. The first-order valence-electron chi connectivity index (χ1n) is 7.62. The second-order valence-electron chi connectivity index (χ2n) is 5.85. The third-order valence-electron chi connectivity index (χ3n) is 4.23. The van der Waals surface area contributed by atoms with Crippen molar-refractivity contribution in [2.24, 2.45) is 0 Å². The normalized spacial score (nSPS) is 16.5. The molecule has 0 amide bonds. The van der Waals surface area contributed by atoms with E-state index in [1.807, 2.05) is 19.1 Å². The minimum atomic E-state index is -0.187. The fourth-order valence-corrected chi connectivity index (χ4v) is 2.96. The summed E-state index contributed by atoms with van der Waals surface area (Å²) in [6.45, 7) is 4.46. The molecule has 2 aromatic rings. The van der Waals surface area contributed by atoms with Crippen molar-refractivity contribution in [2.45, 2.75) is 32.4 Å². The highest BCUT2D eigenvalue weighted by Gasteiger charge is 2.23. The molecule has 6 heteroatoms. The molecule has 5 nitrogen and oxygen atoms in total. The Labute approximate surface area is 129 Å². The number of halogens is 1. The van der Waals surface area contributed by atoms with Crippen LogP contribution in [0.4, 0.5) is 10.1 Å². The summed E-state index contributed by atoms with van der Waals surface area (Å²) in [5, 5.41) is 3.82. The van der Waals surface area contributed by atoms with Gasteiger partial charge >= 0.3 is 0 Å². The van der Waals surface area contributed by atoms with Crippen LogP contribution in [0.3, 0.4) is 0 Å². The van der Waals surface area contributed by atoms with Crippen LogP contribution in [-0.4, -0.2) is 41.2 Å². The van der Waals surface area contributed by atoms with E-state index < -0.39 is 0 Å². The van der Waals surface area contributed by atoms with E-state index in [-0.39, 0.29) is 5.82 Å². The van der Waals surface area contributed by atoms with Gasteiger partial charge in [-0.15, -0.1) is 0 Å². The monoisotopic (exact) mass is 304 g/mol. The van der Waals surface area contributed by atoms with E-state index in [4.69, 9.17) is 4.52 Å². The Morgan fingerprint density at radius 3 is 2.55 bits per heavy atom. The molecule has 0 aliphatic carbocycles. The van der Waals surface area contributed by atoms with Crippen LogP contribution in [0, 0.1) is 12.7 Å². The summed E-state index contributed by atoms with van der Waals surface area (Å²) < 4.78 is 18.2. The molecule has 1 aliphatic rings. The molecule has 0 atom stereocenters. The molecule has 0 unspecified atom stereocenters. The Bertz CT molecular complexity index is 605. The van der Waals surface area contributed by atoms with Gasteiger partial charge in [-0.25, -0.2) is 4.39 Å². The van der Waals surface area contributed by atoms with Crippen molar-refractivity contribution < 1.29 is 8.91 Å². The van der Waals surface area contributed by atoms with E-state index in [2.05, 4.69) is 27.0 Å². The maximum absolute atomic E-state index is 13.0. The highest BCUT2D eigenvalue weighted by Crippen LogP contribution is 2.23. The summed E-state index contributed by atoms with van der Waals surface area (Å²) in [6, 6.07) is 7.24. The van der Waals surface area contributed by atoms with Gasteiger partial charge in [-0.05, 0) is 51.1 Å². The molecule has 3 rings (SSSR count). The average Bonchev–Trinajstić information content (AvgIpc) is 2.93. The molecular formula is C16H21FN4O. The van der Waals surface area contributed by atoms with Gasteiger partial charge in [0.05, 0.1) is 6.54 Å².